The molecule has 1 heterocycles. The molecule has 4 heteroatoms. The van der Waals surface area contributed by atoms with Gasteiger partial charge in [-0.05, 0) is 29.3 Å². The van der Waals surface area contributed by atoms with Gasteiger partial charge in [-0.25, -0.2) is 0 Å². The summed E-state index contributed by atoms with van der Waals surface area (Å²) in [6.07, 6.45) is 0. The summed E-state index contributed by atoms with van der Waals surface area (Å²) in [6.45, 7) is 4.63. The average Bonchev–Trinajstić information content (AvgIpc) is 2.52. The monoisotopic (exact) mass is 321 g/mol. The van der Waals surface area contributed by atoms with Crippen molar-refractivity contribution in [3.8, 4) is 11.1 Å². The molecule has 1 fully saturated rings. The number of halogens is 2. The maximum atomic E-state index is 6.25. The molecule has 0 spiro atoms. The van der Waals surface area contributed by atoms with E-state index in [-0.39, 0.29) is 0 Å². The highest BCUT2D eigenvalue weighted by Crippen LogP contribution is 2.30. The first-order valence-electron chi connectivity index (χ1n) is 7.07. The zero-order valence-electron chi connectivity index (χ0n) is 11.7. The second-order valence-electron chi connectivity index (χ2n) is 5.21. The summed E-state index contributed by atoms with van der Waals surface area (Å²) in [4.78, 5) is 2.41. The third-order valence-electron chi connectivity index (χ3n) is 3.70. The van der Waals surface area contributed by atoms with Crippen molar-refractivity contribution in [1.29, 1.82) is 0 Å². The fourth-order valence-electron chi connectivity index (χ4n) is 2.53. The number of hydrogen-bond donors (Lipinski definition) is 0. The Labute approximate surface area is 135 Å². The molecule has 0 saturated carbocycles. The highest BCUT2D eigenvalue weighted by atomic mass is 35.5. The molecule has 2 nitrogen and oxygen atoms in total. The number of morpholine rings is 1. The fraction of sp³-hybridized carbons (Fsp3) is 0.294. The largest absolute Gasteiger partial charge is 0.379 e. The van der Waals surface area contributed by atoms with Crippen molar-refractivity contribution < 1.29 is 4.74 Å². The van der Waals surface area contributed by atoms with Gasteiger partial charge in [0.15, 0.2) is 0 Å². The number of nitrogens with zero attached hydrogens (tertiary/aromatic N) is 1. The van der Waals surface area contributed by atoms with E-state index < -0.39 is 0 Å². The summed E-state index contributed by atoms with van der Waals surface area (Å²) in [7, 11) is 0. The van der Waals surface area contributed by atoms with Gasteiger partial charge < -0.3 is 4.74 Å². The maximum Gasteiger partial charge on any atom is 0.0594 e. The molecule has 0 aromatic heterocycles. The Balaban J connectivity index is 1.75. The van der Waals surface area contributed by atoms with Crippen molar-refractivity contribution in [2.24, 2.45) is 0 Å². The Hall–Kier alpha value is -1.06. The minimum atomic E-state index is 0.701. The predicted molar refractivity (Wildman–Crippen MR) is 88.0 cm³/mol. The smallest absolute Gasteiger partial charge is 0.0594 e. The molecule has 0 amide bonds. The Morgan fingerprint density at radius 3 is 2.38 bits per heavy atom. The molecule has 0 radical (unpaired) electrons. The maximum absolute atomic E-state index is 6.25. The standard InChI is InChI=1S/C17H17Cl2NO/c18-15-5-6-17(19)16(11-15)14-3-1-13(2-4-14)12-20-7-9-21-10-8-20/h1-6,11H,7-10,12H2. The van der Waals surface area contributed by atoms with Crippen LogP contribution >= 0.6 is 23.2 Å². The first-order valence-corrected chi connectivity index (χ1v) is 7.82. The molecule has 0 bridgehead atoms. The molecule has 2 aromatic rings. The lowest BCUT2D eigenvalue weighted by Gasteiger charge is -2.26. The highest BCUT2D eigenvalue weighted by Gasteiger charge is 2.11. The predicted octanol–water partition coefficient (Wildman–Crippen LogP) is 4.49. The van der Waals surface area contributed by atoms with Crippen LogP contribution in [-0.4, -0.2) is 31.2 Å². The van der Waals surface area contributed by atoms with Gasteiger partial charge in [0.25, 0.3) is 0 Å². The molecular weight excluding hydrogens is 305 g/mol. The second kappa shape index (κ2) is 6.80. The first-order chi connectivity index (χ1) is 10.2. The molecule has 0 atom stereocenters. The van der Waals surface area contributed by atoms with Crippen molar-refractivity contribution in [1.82, 2.24) is 4.90 Å². The lowest BCUT2D eigenvalue weighted by Crippen LogP contribution is -2.35. The normalized spacial score (nSPS) is 16.1. The molecule has 0 aliphatic carbocycles. The van der Waals surface area contributed by atoms with Crippen LogP contribution in [0.1, 0.15) is 5.56 Å². The van der Waals surface area contributed by atoms with Crippen molar-refractivity contribution in [2.45, 2.75) is 6.54 Å². The van der Waals surface area contributed by atoms with Gasteiger partial charge >= 0.3 is 0 Å². The second-order valence-corrected chi connectivity index (χ2v) is 6.05. The van der Waals surface area contributed by atoms with Crippen LogP contribution in [0.25, 0.3) is 11.1 Å². The van der Waals surface area contributed by atoms with Crippen LogP contribution in [0.5, 0.6) is 0 Å². The van der Waals surface area contributed by atoms with E-state index in [9.17, 15) is 0 Å². The summed E-state index contributed by atoms with van der Waals surface area (Å²) >= 11 is 12.3. The zero-order chi connectivity index (χ0) is 14.7. The van der Waals surface area contributed by atoms with Gasteiger partial charge in [0, 0.05) is 35.2 Å². The minimum Gasteiger partial charge on any atom is -0.379 e. The van der Waals surface area contributed by atoms with E-state index in [1.807, 2.05) is 12.1 Å². The van der Waals surface area contributed by atoms with Crippen LogP contribution in [0.3, 0.4) is 0 Å². The minimum absolute atomic E-state index is 0.701. The molecule has 110 valence electrons. The summed E-state index contributed by atoms with van der Waals surface area (Å²) in [6, 6.07) is 14.1. The molecule has 0 N–H and O–H groups in total. The van der Waals surface area contributed by atoms with E-state index in [2.05, 4.69) is 29.2 Å². The lowest BCUT2D eigenvalue weighted by molar-refractivity contribution is 0.0342. The Kier molecular flexibility index (Phi) is 4.81. The third kappa shape index (κ3) is 3.78. The van der Waals surface area contributed by atoms with E-state index in [1.165, 1.54) is 5.56 Å². The van der Waals surface area contributed by atoms with Crippen molar-refractivity contribution in [2.75, 3.05) is 26.3 Å². The van der Waals surface area contributed by atoms with Gasteiger partial charge in [0.2, 0.25) is 0 Å². The van der Waals surface area contributed by atoms with Crippen LogP contribution in [-0.2, 0) is 11.3 Å². The summed E-state index contributed by atoms with van der Waals surface area (Å²) in [5, 5.41) is 1.42. The van der Waals surface area contributed by atoms with Crippen LogP contribution < -0.4 is 0 Å². The first kappa shape index (κ1) is 14.9. The van der Waals surface area contributed by atoms with Gasteiger partial charge in [0.1, 0.15) is 0 Å². The molecule has 1 aliphatic heterocycles. The summed E-state index contributed by atoms with van der Waals surface area (Å²) in [5.74, 6) is 0. The SMILES string of the molecule is Clc1ccc(Cl)c(-c2ccc(CN3CCOCC3)cc2)c1. The van der Waals surface area contributed by atoms with E-state index in [4.69, 9.17) is 27.9 Å². The quantitative estimate of drug-likeness (QED) is 0.825. The fourth-order valence-corrected chi connectivity index (χ4v) is 2.92. The van der Waals surface area contributed by atoms with Crippen LogP contribution in [0.4, 0.5) is 0 Å². The van der Waals surface area contributed by atoms with Crippen LogP contribution in [0.15, 0.2) is 42.5 Å². The van der Waals surface area contributed by atoms with Gasteiger partial charge in [0.05, 0.1) is 13.2 Å². The number of hydrogen-bond acceptors (Lipinski definition) is 2. The van der Waals surface area contributed by atoms with E-state index in [0.717, 1.165) is 49.0 Å². The van der Waals surface area contributed by atoms with Gasteiger partial charge in [-0.2, -0.15) is 0 Å². The third-order valence-corrected chi connectivity index (χ3v) is 4.27. The highest BCUT2D eigenvalue weighted by molar-refractivity contribution is 6.35. The van der Waals surface area contributed by atoms with Crippen molar-refractivity contribution in [3.63, 3.8) is 0 Å². The number of rotatable bonds is 3. The lowest BCUT2D eigenvalue weighted by atomic mass is 10.0. The summed E-state index contributed by atoms with van der Waals surface area (Å²) < 4.78 is 5.37. The molecular formula is C17H17Cl2NO. The molecule has 3 rings (SSSR count). The van der Waals surface area contributed by atoms with Gasteiger partial charge in [-0.3, -0.25) is 4.90 Å². The van der Waals surface area contributed by atoms with E-state index in [0.29, 0.717) is 5.02 Å². The van der Waals surface area contributed by atoms with E-state index in [1.54, 1.807) is 6.07 Å². The average molecular weight is 322 g/mol. The molecule has 2 aromatic carbocycles. The van der Waals surface area contributed by atoms with Crippen molar-refractivity contribution >= 4 is 23.2 Å². The van der Waals surface area contributed by atoms with Crippen molar-refractivity contribution in [3.05, 3.63) is 58.1 Å². The zero-order valence-corrected chi connectivity index (χ0v) is 13.2. The molecule has 1 aliphatic rings. The van der Waals surface area contributed by atoms with Gasteiger partial charge in [-0.15, -0.1) is 0 Å². The van der Waals surface area contributed by atoms with Crippen LogP contribution in [0.2, 0.25) is 10.0 Å². The topological polar surface area (TPSA) is 12.5 Å². The molecule has 21 heavy (non-hydrogen) atoms. The Bertz CT molecular complexity index is 607. The Morgan fingerprint density at radius 1 is 0.952 bits per heavy atom. The summed E-state index contributed by atoms with van der Waals surface area (Å²) in [5.41, 5.74) is 3.37. The Morgan fingerprint density at radius 2 is 1.67 bits per heavy atom. The number of benzene rings is 2. The van der Waals surface area contributed by atoms with E-state index >= 15 is 0 Å². The molecule has 0 unspecified atom stereocenters. The number of ether oxygens (including phenoxy) is 1. The van der Waals surface area contributed by atoms with Gasteiger partial charge in [-0.1, -0.05) is 47.5 Å². The van der Waals surface area contributed by atoms with Crippen LogP contribution in [0, 0.1) is 0 Å². The molecule has 1 saturated heterocycles.